The number of hydrogen-bond acceptors (Lipinski definition) is 2. The second-order valence-electron chi connectivity index (χ2n) is 3.20. The number of nitrogens with two attached hydrogens (primary N) is 1. The van der Waals surface area contributed by atoms with Crippen molar-refractivity contribution in [2.75, 3.05) is 0 Å². The molecule has 0 bridgehead atoms. The van der Waals surface area contributed by atoms with Crippen LogP contribution in [0.15, 0.2) is 22.9 Å². The highest BCUT2D eigenvalue weighted by molar-refractivity contribution is 9.10. The number of halogens is 5. The molecule has 0 radical (unpaired) electrons. The summed E-state index contributed by atoms with van der Waals surface area (Å²) in [6.07, 6.45) is -2.12. The van der Waals surface area contributed by atoms with Crippen molar-refractivity contribution in [1.29, 1.82) is 0 Å². The quantitative estimate of drug-likeness (QED) is 0.924. The van der Waals surface area contributed by atoms with Crippen LogP contribution in [0.5, 0.6) is 0 Å². The van der Waals surface area contributed by atoms with Gasteiger partial charge in [-0.25, -0.2) is 0 Å². The van der Waals surface area contributed by atoms with Gasteiger partial charge in [0.2, 0.25) is 0 Å². The van der Waals surface area contributed by atoms with Crippen LogP contribution in [0.1, 0.15) is 24.4 Å². The Balaban J connectivity index is 0.00000225. The van der Waals surface area contributed by atoms with E-state index in [1.54, 1.807) is 12.3 Å². The van der Waals surface area contributed by atoms with E-state index in [-0.39, 0.29) is 18.8 Å². The molecule has 92 valence electrons. The molecule has 0 aliphatic rings. The van der Waals surface area contributed by atoms with Crippen LogP contribution >= 0.6 is 28.3 Å². The minimum Gasteiger partial charge on any atom is -0.324 e. The summed E-state index contributed by atoms with van der Waals surface area (Å²) >= 11 is 3.18. The Kier molecular flexibility index (Phi) is 6.28. The molecule has 0 saturated carbocycles. The SMILES string of the molecule is Cl.N[C@@H](CCC(F)(F)F)c1cncc(Br)c1. The minimum atomic E-state index is -4.16. The number of pyridine rings is 1. The van der Waals surface area contributed by atoms with Gasteiger partial charge in [0.15, 0.2) is 0 Å². The fourth-order valence-electron chi connectivity index (χ4n) is 1.12. The fourth-order valence-corrected chi connectivity index (χ4v) is 1.50. The lowest BCUT2D eigenvalue weighted by atomic mass is 10.1. The van der Waals surface area contributed by atoms with Crippen molar-refractivity contribution in [1.82, 2.24) is 4.98 Å². The average molecular weight is 320 g/mol. The second-order valence-corrected chi connectivity index (χ2v) is 4.11. The van der Waals surface area contributed by atoms with Gasteiger partial charge < -0.3 is 5.73 Å². The first-order valence-corrected chi connectivity index (χ1v) is 5.10. The molecule has 1 heterocycles. The van der Waals surface area contributed by atoms with Crippen molar-refractivity contribution in [3.8, 4) is 0 Å². The van der Waals surface area contributed by atoms with Crippen molar-refractivity contribution in [2.45, 2.75) is 25.1 Å². The molecule has 0 unspecified atom stereocenters. The van der Waals surface area contributed by atoms with Crippen molar-refractivity contribution >= 4 is 28.3 Å². The molecule has 0 amide bonds. The van der Waals surface area contributed by atoms with Crippen LogP contribution in [0, 0.1) is 0 Å². The van der Waals surface area contributed by atoms with Gasteiger partial charge >= 0.3 is 6.18 Å². The zero-order chi connectivity index (χ0) is 11.5. The molecule has 0 saturated heterocycles. The molecule has 2 N–H and O–H groups in total. The highest BCUT2D eigenvalue weighted by atomic mass is 79.9. The molecular weight excluding hydrogens is 308 g/mol. The first-order chi connectivity index (χ1) is 6.88. The van der Waals surface area contributed by atoms with Crippen molar-refractivity contribution in [2.24, 2.45) is 5.73 Å². The summed E-state index contributed by atoms with van der Waals surface area (Å²) in [6, 6.07) is 1.05. The van der Waals surface area contributed by atoms with Gasteiger partial charge in [0.05, 0.1) is 0 Å². The molecule has 0 spiro atoms. The van der Waals surface area contributed by atoms with Gasteiger partial charge in [-0.1, -0.05) is 0 Å². The third kappa shape index (κ3) is 5.67. The summed E-state index contributed by atoms with van der Waals surface area (Å²) in [5.41, 5.74) is 6.22. The second kappa shape index (κ2) is 6.42. The summed E-state index contributed by atoms with van der Waals surface area (Å²) in [7, 11) is 0. The third-order valence-electron chi connectivity index (χ3n) is 1.89. The maximum atomic E-state index is 11.9. The van der Waals surface area contributed by atoms with E-state index in [1.807, 2.05) is 0 Å². The maximum absolute atomic E-state index is 11.9. The predicted octanol–water partition coefficient (Wildman–Crippen LogP) is 3.61. The normalized spacial score (nSPS) is 13.1. The van der Waals surface area contributed by atoms with Gasteiger partial charge in [-0.2, -0.15) is 13.2 Å². The van der Waals surface area contributed by atoms with Crippen LogP contribution in [0.25, 0.3) is 0 Å². The van der Waals surface area contributed by atoms with E-state index in [0.717, 1.165) is 0 Å². The Morgan fingerprint density at radius 3 is 2.50 bits per heavy atom. The van der Waals surface area contributed by atoms with Crippen molar-refractivity contribution < 1.29 is 13.2 Å². The number of hydrogen-bond donors (Lipinski definition) is 1. The average Bonchev–Trinajstić information content (AvgIpc) is 2.13. The summed E-state index contributed by atoms with van der Waals surface area (Å²) in [5, 5.41) is 0. The zero-order valence-corrected chi connectivity index (χ0v) is 10.6. The van der Waals surface area contributed by atoms with Gasteiger partial charge in [-0.05, 0) is 34.0 Å². The highest BCUT2D eigenvalue weighted by Crippen LogP contribution is 2.26. The molecule has 0 fully saturated rings. The fraction of sp³-hybridized carbons (Fsp3) is 0.444. The molecule has 16 heavy (non-hydrogen) atoms. The first-order valence-electron chi connectivity index (χ1n) is 4.31. The largest absolute Gasteiger partial charge is 0.389 e. The molecule has 0 aliphatic heterocycles. The molecule has 1 atom stereocenters. The van der Waals surface area contributed by atoms with Gasteiger partial charge in [-0.3, -0.25) is 4.98 Å². The lowest BCUT2D eigenvalue weighted by molar-refractivity contribution is -0.136. The van der Waals surface area contributed by atoms with Crippen LogP contribution < -0.4 is 5.73 Å². The van der Waals surface area contributed by atoms with Crippen LogP contribution in [-0.2, 0) is 0 Å². The third-order valence-corrected chi connectivity index (χ3v) is 2.33. The topological polar surface area (TPSA) is 38.9 Å². The molecule has 1 rings (SSSR count). The van der Waals surface area contributed by atoms with Gasteiger partial charge in [-0.15, -0.1) is 12.4 Å². The van der Waals surface area contributed by atoms with Gasteiger partial charge in [0.1, 0.15) is 0 Å². The lowest BCUT2D eigenvalue weighted by Crippen LogP contribution is -2.15. The van der Waals surface area contributed by atoms with E-state index >= 15 is 0 Å². The van der Waals surface area contributed by atoms with Gasteiger partial charge in [0, 0.05) is 29.3 Å². The molecular formula is C9H11BrClF3N2. The number of aromatic nitrogens is 1. The van der Waals surface area contributed by atoms with Crippen molar-refractivity contribution in [3.63, 3.8) is 0 Å². The molecule has 2 nitrogen and oxygen atoms in total. The Morgan fingerprint density at radius 1 is 1.38 bits per heavy atom. The number of rotatable bonds is 3. The van der Waals surface area contributed by atoms with E-state index in [2.05, 4.69) is 20.9 Å². The molecule has 0 aliphatic carbocycles. The van der Waals surface area contributed by atoms with Crippen LogP contribution in [0.3, 0.4) is 0 Å². The Morgan fingerprint density at radius 2 is 2.00 bits per heavy atom. The summed E-state index contributed by atoms with van der Waals surface area (Å²) in [5.74, 6) is 0. The zero-order valence-electron chi connectivity index (χ0n) is 8.17. The summed E-state index contributed by atoms with van der Waals surface area (Å²) < 4.78 is 36.5. The highest BCUT2D eigenvalue weighted by Gasteiger charge is 2.27. The Labute approximate surface area is 106 Å². The minimum absolute atomic E-state index is 0. The monoisotopic (exact) mass is 318 g/mol. The van der Waals surface area contributed by atoms with E-state index in [1.165, 1.54) is 6.20 Å². The number of alkyl halides is 3. The molecule has 7 heteroatoms. The van der Waals surface area contributed by atoms with E-state index in [9.17, 15) is 13.2 Å². The lowest BCUT2D eigenvalue weighted by Gasteiger charge is -2.13. The van der Waals surface area contributed by atoms with E-state index in [0.29, 0.717) is 10.0 Å². The van der Waals surface area contributed by atoms with E-state index in [4.69, 9.17) is 5.73 Å². The van der Waals surface area contributed by atoms with Gasteiger partial charge in [0.25, 0.3) is 0 Å². The van der Waals surface area contributed by atoms with Crippen LogP contribution in [-0.4, -0.2) is 11.2 Å². The number of nitrogens with zero attached hydrogens (tertiary/aromatic N) is 1. The van der Waals surface area contributed by atoms with Crippen LogP contribution in [0.4, 0.5) is 13.2 Å². The van der Waals surface area contributed by atoms with E-state index < -0.39 is 18.6 Å². The molecule has 0 aromatic carbocycles. The Hall–Kier alpha value is -0.330. The predicted molar refractivity (Wildman–Crippen MR) is 61.4 cm³/mol. The molecule has 1 aromatic heterocycles. The molecule has 1 aromatic rings. The summed E-state index contributed by atoms with van der Waals surface area (Å²) in [4.78, 5) is 3.84. The maximum Gasteiger partial charge on any atom is 0.389 e. The van der Waals surface area contributed by atoms with Crippen LogP contribution in [0.2, 0.25) is 0 Å². The van der Waals surface area contributed by atoms with Crippen molar-refractivity contribution in [3.05, 3.63) is 28.5 Å². The first kappa shape index (κ1) is 15.7. The smallest absolute Gasteiger partial charge is 0.324 e. The summed E-state index contributed by atoms with van der Waals surface area (Å²) in [6.45, 7) is 0. The standard InChI is InChI=1S/C9H10BrF3N2.ClH/c10-7-3-6(4-15-5-7)8(14)1-2-9(11,12)13;/h3-5,8H,1-2,14H2;1H/t8-;/m0./s1. The Bertz CT molecular complexity index is 333.